The molecule has 0 spiro atoms. The summed E-state index contributed by atoms with van der Waals surface area (Å²) >= 11 is 0. The SMILES string of the molecule is Cc1ccc(C2=NOC(=O)C2=C=Nc2ccccc2)cc1. The number of aryl methyl sites for hydroxylation is 1. The largest absolute Gasteiger partial charge is 0.377 e. The number of nitrogens with zero attached hydrogens (tertiary/aromatic N) is 2. The van der Waals surface area contributed by atoms with Gasteiger partial charge in [0.25, 0.3) is 0 Å². The molecule has 1 aliphatic heterocycles. The lowest BCUT2D eigenvalue weighted by molar-refractivity contribution is -0.136. The molecule has 0 amide bonds. The smallest absolute Gasteiger partial charge is 0.311 e. The van der Waals surface area contributed by atoms with E-state index in [4.69, 9.17) is 4.84 Å². The summed E-state index contributed by atoms with van der Waals surface area (Å²) in [6.45, 7) is 2.00. The van der Waals surface area contributed by atoms with Crippen molar-refractivity contribution in [3.05, 3.63) is 71.3 Å². The number of carbonyl (C=O) groups is 1. The third kappa shape index (κ3) is 2.81. The molecule has 2 aromatic rings. The number of oxime groups is 1. The number of aliphatic imine (C=N–C) groups is 1. The van der Waals surface area contributed by atoms with Crippen LogP contribution in [0.5, 0.6) is 0 Å². The lowest BCUT2D eigenvalue weighted by atomic mass is 10.0. The van der Waals surface area contributed by atoms with Gasteiger partial charge in [-0.15, -0.1) is 0 Å². The van der Waals surface area contributed by atoms with Gasteiger partial charge < -0.3 is 4.84 Å². The predicted octanol–water partition coefficient (Wildman–Crippen LogP) is 3.18. The highest BCUT2D eigenvalue weighted by Crippen LogP contribution is 2.17. The van der Waals surface area contributed by atoms with Crippen molar-refractivity contribution in [3.8, 4) is 0 Å². The molecule has 1 heterocycles. The third-order valence-corrected chi connectivity index (χ3v) is 3.04. The molecule has 2 aromatic carbocycles. The topological polar surface area (TPSA) is 51.0 Å². The van der Waals surface area contributed by atoms with Gasteiger partial charge in [-0.05, 0) is 19.1 Å². The van der Waals surface area contributed by atoms with E-state index >= 15 is 0 Å². The van der Waals surface area contributed by atoms with Crippen LogP contribution in [0.3, 0.4) is 0 Å². The number of carbonyl (C=O) groups excluding carboxylic acids is 1. The highest BCUT2D eigenvalue weighted by molar-refractivity contribution is 6.33. The van der Waals surface area contributed by atoms with Crippen LogP contribution in [-0.2, 0) is 9.63 Å². The molecule has 3 rings (SSSR count). The maximum absolute atomic E-state index is 11.7. The minimum atomic E-state index is -0.537. The van der Waals surface area contributed by atoms with Crippen LogP contribution in [0.25, 0.3) is 0 Å². The highest BCUT2D eigenvalue weighted by Gasteiger charge is 2.27. The second kappa shape index (κ2) is 5.57. The van der Waals surface area contributed by atoms with Crippen molar-refractivity contribution in [2.75, 3.05) is 0 Å². The molecule has 0 saturated carbocycles. The molecule has 0 fully saturated rings. The maximum Gasteiger partial charge on any atom is 0.377 e. The predicted molar refractivity (Wildman–Crippen MR) is 80.9 cm³/mol. The molecule has 0 bridgehead atoms. The van der Waals surface area contributed by atoms with Crippen molar-refractivity contribution in [2.24, 2.45) is 10.1 Å². The fourth-order valence-electron chi connectivity index (χ4n) is 1.91. The van der Waals surface area contributed by atoms with Gasteiger partial charge in [0.2, 0.25) is 0 Å². The van der Waals surface area contributed by atoms with Gasteiger partial charge in [-0.25, -0.2) is 9.79 Å². The van der Waals surface area contributed by atoms with E-state index in [1.807, 2.05) is 61.5 Å². The summed E-state index contributed by atoms with van der Waals surface area (Å²) in [7, 11) is 0. The van der Waals surface area contributed by atoms with Gasteiger partial charge in [0, 0.05) is 11.4 Å². The quantitative estimate of drug-likeness (QED) is 0.480. The highest BCUT2D eigenvalue weighted by atomic mass is 16.7. The zero-order valence-electron chi connectivity index (χ0n) is 11.4. The monoisotopic (exact) mass is 276 g/mol. The normalized spacial score (nSPS) is 13.5. The van der Waals surface area contributed by atoms with Gasteiger partial charge in [0.15, 0.2) is 5.57 Å². The number of rotatable bonds is 2. The van der Waals surface area contributed by atoms with Gasteiger partial charge >= 0.3 is 5.97 Å². The van der Waals surface area contributed by atoms with Crippen LogP contribution in [0, 0.1) is 6.92 Å². The number of benzene rings is 2. The van der Waals surface area contributed by atoms with E-state index in [-0.39, 0.29) is 5.57 Å². The van der Waals surface area contributed by atoms with Gasteiger partial charge in [-0.2, -0.15) is 0 Å². The lowest BCUT2D eigenvalue weighted by Crippen LogP contribution is -2.07. The van der Waals surface area contributed by atoms with Crippen molar-refractivity contribution in [3.63, 3.8) is 0 Å². The first-order valence-electron chi connectivity index (χ1n) is 6.49. The fraction of sp³-hybridized carbons (Fsp3) is 0.0588. The summed E-state index contributed by atoms with van der Waals surface area (Å²) in [6, 6.07) is 17.0. The third-order valence-electron chi connectivity index (χ3n) is 3.04. The Morgan fingerprint density at radius 1 is 1.05 bits per heavy atom. The van der Waals surface area contributed by atoms with Gasteiger partial charge in [0.1, 0.15) is 5.71 Å². The average molecular weight is 276 g/mol. The molecule has 21 heavy (non-hydrogen) atoms. The van der Waals surface area contributed by atoms with Crippen LogP contribution in [0.4, 0.5) is 5.69 Å². The van der Waals surface area contributed by atoms with Crippen LogP contribution in [-0.4, -0.2) is 17.6 Å². The van der Waals surface area contributed by atoms with E-state index in [1.165, 1.54) is 0 Å². The Morgan fingerprint density at radius 3 is 2.48 bits per heavy atom. The Kier molecular flexibility index (Phi) is 3.46. The summed E-state index contributed by atoms with van der Waals surface area (Å²) in [6.07, 6.45) is 0. The molecule has 1 aliphatic rings. The van der Waals surface area contributed by atoms with Crippen molar-refractivity contribution in [1.82, 2.24) is 0 Å². The van der Waals surface area contributed by atoms with E-state index < -0.39 is 5.97 Å². The van der Waals surface area contributed by atoms with E-state index in [0.717, 1.165) is 11.1 Å². The van der Waals surface area contributed by atoms with Crippen molar-refractivity contribution in [1.29, 1.82) is 0 Å². The maximum atomic E-state index is 11.7. The van der Waals surface area contributed by atoms with Crippen molar-refractivity contribution < 1.29 is 9.63 Å². The van der Waals surface area contributed by atoms with Gasteiger partial charge in [-0.1, -0.05) is 53.2 Å². The summed E-state index contributed by atoms with van der Waals surface area (Å²) in [5, 5.41) is 3.82. The zero-order chi connectivity index (χ0) is 14.7. The molecule has 0 atom stereocenters. The van der Waals surface area contributed by atoms with E-state index in [2.05, 4.69) is 16.0 Å². The molecule has 0 unspecified atom stereocenters. The van der Waals surface area contributed by atoms with Crippen molar-refractivity contribution in [2.45, 2.75) is 6.92 Å². The van der Waals surface area contributed by atoms with Crippen LogP contribution >= 0.6 is 0 Å². The Bertz CT molecular complexity index is 768. The molecule has 0 aliphatic carbocycles. The zero-order valence-corrected chi connectivity index (χ0v) is 11.4. The number of hydrogen-bond acceptors (Lipinski definition) is 4. The van der Waals surface area contributed by atoms with Gasteiger partial charge in [0.05, 0.1) is 5.69 Å². The van der Waals surface area contributed by atoms with Crippen molar-refractivity contribution >= 4 is 23.2 Å². The summed E-state index contributed by atoms with van der Waals surface area (Å²) in [4.78, 5) is 20.7. The molecule has 0 saturated heterocycles. The van der Waals surface area contributed by atoms with Crippen LogP contribution in [0.2, 0.25) is 0 Å². The molecule has 0 radical (unpaired) electrons. The van der Waals surface area contributed by atoms with Crippen LogP contribution in [0.15, 0.2) is 70.3 Å². The summed E-state index contributed by atoms with van der Waals surface area (Å²) in [5.74, 6) is 2.21. The Balaban J connectivity index is 2.00. The minimum Gasteiger partial charge on any atom is -0.311 e. The summed E-state index contributed by atoms with van der Waals surface area (Å²) in [5.41, 5.74) is 3.35. The first-order valence-corrected chi connectivity index (χ1v) is 6.49. The number of hydrogen-bond donors (Lipinski definition) is 0. The first-order chi connectivity index (χ1) is 10.2. The average Bonchev–Trinajstić information content (AvgIpc) is 2.88. The lowest BCUT2D eigenvalue weighted by Gasteiger charge is -1.98. The van der Waals surface area contributed by atoms with Crippen LogP contribution < -0.4 is 0 Å². The second-order valence-electron chi connectivity index (χ2n) is 4.62. The Labute approximate surface area is 122 Å². The summed E-state index contributed by atoms with van der Waals surface area (Å²) < 4.78 is 0. The molecular formula is C17H12N2O2. The Morgan fingerprint density at radius 2 is 1.76 bits per heavy atom. The minimum absolute atomic E-state index is 0.239. The Hall–Kier alpha value is -2.97. The molecule has 102 valence electrons. The van der Waals surface area contributed by atoms with E-state index in [0.29, 0.717) is 11.4 Å². The van der Waals surface area contributed by atoms with E-state index in [9.17, 15) is 4.79 Å². The molecule has 0 aromatic heterocycles. The first kappa shape index (κ1) is 13.0. The fourth-order valence-corrected chi connectivity index (χ4v) is 1.91. The molecular weight excluding hydrogens is 264 g/mol. The van der Waals surface area contributed by atoms with Gasteiger partial charge in [-0.3, -0.25) is 0 Å². The standard InChI is InChI=1S/C17H12N2O2/c1-12-7-9-13(10-8-12)16-15(17(20)21-19-16)11-18-14-5-3-2-4-6-14/h2-10H,1H3. The van der Waals surface area contributed by atoms with E-state index in [1.54, 1.807) is 0 Å². The molecule has 4 heteroatoms. The molecule has 4 nitrogen and oxygen atoms in total. The second-order valence-corrected chi connectivity index (χ2v) is 4.62. The number of para-hydroxylation sites is 1. The molecule has 0 N–H and O–H groups in total. The van der Waals surface area contributed by atoms with Crippen LogP contribution in [0.1, 0.15) is 11.1 Å².